The van der Waals surface area contributed by atoms with Gasteiger partial charge in [-0.05, 0) is 38.4 Å². The lowest BCUT2D eigenvalue weighted by molar-refractivity contribution is -0.385. The summed E-state index contributed by atoms with van der Waals surface area (Å²) in [6.45, 7) is 2.82. The van der Waals surface area contributed by atoms with Crippen LogP contribution in [0.3, 0.4) is 0 Å². The van der Waals surface area contributed by atoms with Crippen LogP contribution in [0.4, 0.5) is 10.1 Å². The molecule has 1 amide bonds. The monoisotopic (exact) mass is 281 g/mol. The molecule has 108 valence electrons. The molecule has 7 heteroatoms. The van der Waals surface area contributed by atoms with Crippen molar-refractivity contribution >= 4 is 11.6 Å². The number of halogens is 1. The molecule has 1 heterocycles. The van der Waals surface area contributed by atoms with Crippen LogP contribution in [0, 0.1) is 15.9 Å². The molecule has 2 unspecified atom stereocenters. The number of nitrogens with one attached hydrogen (secondary N) is 2. The van der Waals surface area contributed by atoms with Crippen LogP contribution in [0.2, 0.25) is 0 Å². The molecular formula is C13H16FN3O3. The van der Waals surface area contributed by atoms with E-state index in [-0.39, 0.29) is 23.3 Å². The Bertz CT molecular complexity index is 536. The molecule has 0 aromatic heterocycles. The van der Waals surface area contributed by atoms with Crippen molar-refractivity contribution in [1.82, 2.24) is 10.6 Å². The summed E-state index contributed by atoms with van der Waals surface area (Å²) in [6.07, 6.45) is 1.71. The third-order valence-corrected chi connectivity index (χ3v) is 3.48. The average Bonchev–Trinajstić information content (AvgIpc) is 2.40. The van der Waals surface area contributed by atoms with Crippen molar-refractivity contribution < 1.29 is 14.1 Å². The van der Waals surface area contributed by atoms with Gasteiger partial charge in [-0.15, -0.1) is 0 Å². The number of amides is 1. The van der Waals surface area contributed by atoms with Crippen LogP contribution in [0.15, 0.2) is 18.2 Å². The summed E-state index contributed by atoms with van der Waals surface area (Å²) in [7, 11) is 0. The molecule has 1 fully saturated rings. The van der Waals surface area contributed by atoms with E-state index in [1.54, 1.807) is 0 Å². The van der Waals surface area contributed by atoms with E-state index in [0.717, 1.165) is 37.6 Å². The summed E-state index contributed by atoms with van der Waals surface area (Å²) in [5, 5.41) is 16.8. The lowest BCUT2D eigenvalue weighted by Gasteiger charge is -2.30. The first-order valence-corrected chi connectivity index (χ1v) is 6.47. The number of piperidine rings is 1. The first-order chi connectivity index (χ1) is 9.49. The number of hydrogen-bond donors (Lipinski definition) is 2. The van der Waals surface area contributed by atoms with E-state index in [1.807, 2.05) is 6.92 Å². The first-order valence-electron chi connectivity index (χ1n) is 6.47. The molecule has 20 heavy (non-hydrogen) atoms. The maximum Gasteiger partial charge on any atom is 0.282 e. The number of benzene rings is 1. The van der Waals surface area contributed by atoms with Crippen molar-refractivity contribution in [3.8, 4) is 0 Å². The highest BCUT2D eigenvalue weighted by Crippen LogP contribution is 2.20. The van der Waals surface area contributed by atoms with Crippen molar-refractivity contribution in [2.75, 3.05) is 6.54 Å². The highest BCUT2D eigenvalue weighted by molar-refractivity contribution is 5.98. The molecule has 2 atom stereocenters. The Labute approximate surface area is 115 Å². The van der Waals surface area contributed by atoms with Crippen molar-refractivity contribution in [3.63, 3.8) is 0 Å². The third kappa shape index (κ3) is 3.11. The van der Waals surface area contributed by atoms with E-state index in [2.05, 4.69) is 10.6 Å². The van der Waals surface area contributed by atoms with Crippen LogP contribution >= 0.6 is 0 Å². The Hall–Kier alpha value is -2.02. The third-order valence-electron chi connectivity index (χ3n) is 3.48. The summed E-state index contributed by atoms with van der Waals surface area (Å²) in [4.78, 5) is 22.3. The molecule has 1 saturated heterocycles. The molecule has 0 bridgehead atoms. The van der Waals surface area contributed by atoms with Crippen molar-refractivity contribution in [1.29, 1.82) is 0 Å². The molecule has 1 aliphatic rings. The van der Waals surface area contributed by atoms with E-state index in [9.17, 15) is 19.3 Å². The minimum atomic E-state index is -0.684. The van der Waals surface area contributed by atoms with Gasteiger partial charge in [-0.1, -0.05) is 0 Å². The number of rotatable bonds is 3. The minimum absolute atomic E-state index is 0.0836. The number of carbonyl (C=O) groups excluding carboxylic acids is 1. The van der Waals surface area contributed by atoms with E-state index in [0.29, 0.717) is 0 Å². The zero-order chi connectivity index (χ0) is 14.7. The molecule has 1 aromatic rings. The second-order valence-corrected chi connectivity index (χ2v) is 4.88. The van der Waals surface area contributed by atoms with Gasteiger partial charge in [0.1, 0.15) is 11.4 Å². The van der Waals surface area contributed by atoms with E-state index in [1.165, 1.54) is 0 Å². The van der Waals surface area contributed by atoms with Crippen LogP contribution < -0.4 is 10.6 Å². The Morgan fingerprint density at radius 3 is 2.95 bits per heavy atom. The fraction of sp³-hybridized carbons (Fsp3) is 0.462. The molecule has 2 N–H and O–H groups in total. The zero-order valence-electron chi connectivity index (χ0n) is 11.1. The number of hydrogen-bond acceptors (Lipinski definition) is 4. The topological polar surface area (TPSA) is 84.3 Å². The average molecular weight is 281 g/mol. The fourth-order valence-electron chi connectivity index (χ4n) is 2.34. The highest BCUT2D eigenvalue weighted by Gasteiger charge is 2.26. The number of carbonyl (C=O) groups is 1. The van der Waals surface area contributed by atoms with Gasteiger partial charge >= 0.3 is 0 Å². The van der Waals surface area contributed by atoms with Crippen LogP contribution in [0.1, 0.15) is 30.1 Å². The maximum atomic E-state index is 13.2. The number of nitro groups is 1. The Balaban J connectivity index is 2.20. The van der Waals surface area contributed by atoms with Gasteiger partial charge in [0.05, 0.1) is 4.92 Å². The van der Waals surface area contributed by atoms with Crippen LogP contribution in [-0.4, -0.2) is 29.5 Å². The van der Waals surface area contributed by atoms with Gasteiger partial charge < -0.3 is 10.6 Å². The molecule has 1 aliphatic heterocycles. The van der Waals surface area contributed by atoms with E-state index < -0.39 is 16.6 Å². The van der Waals surface area contributed by atoms with Gasteiger partial charge in [0.25, 0.3) is 11.6 Å². The van der Waals surface area contributed by atoms with Crippen molar-refractivity contribution in [3.05, 3.63) is 39.7 Å². The van der Waals surface area contributed by atoms with Gasteiger partial charge in [-0.3, -0.25) is 14.9 Å². The molecule has 0 aliphatic carbocycles. The van der Waals surface area contributed by atoms with Crippen molar-refractivity contribution in [2.24, 2.45) is 0 Å². The Morgan fingerprint density at radius 2 is 2.30 bits per heavy atom. The second-order valence-electron chi connectivity index (χ2n) is 4.88. The summed E-state index contributed by atoms with van der Waals surface area (Å²) >= 11 is 0. The van der Waals surface area contributed by atoms with Gasteiger partial charge in [-0.2, -0.15) is 0 Å². The Morgan fingerprint density at radius 1 is 1.55 bits per heavy atom. The first kappa shape index (κ1) is 14.4. The normalized spacial score (nSPS) is 22.3. The largest absolute Gasteiger partial charge is 0.348 e. The molecule has 1 aromatic carbocycles. The molecule has 0 saturated carbocycles. The maximum absolute atomic E-state index is 13.2. The number of nitro benzene ring substituents is 1. The summed E-state index contributed by atoms with van der Waals surface area (Å²) in [5.41, 5.74) is -0.631. The van der Waals surface area contributed by atoms with Crippen LogP contribution in [-0.2, 0) is 0 Å². The summed E-state index contributed by atoms with van der Waals surface area (Å²) in [6, 6.07) is 2.85. The minimum Gasteiger partial charge on any atom is -0.348 e. The van der Waals surface area contributed by atoms with E-state index >= 15 is 0 Å². The second kappa shape index (κ2) is 5.96. The molecular weight excluding hydrogens is 265 g/mol. The van der Waals surface area contributed by atoms with Gasteiger partial charge in [0.2, 0.25) is 0 Å². The van der Waals surface area contributed by atoms with Crippen molar-refractivity contribution in [2.45, 2.75) is 31.8 Å². The van der Waals surface area contributed by atoms with Gasteiger partial charge in [0, 0.05) is 18.2 Å². The summed E-state index contributed by atoms with van der Waals surface area (Å²) < 4.78 is 13.2. The quantitative estimate of drug-likeness (QED) is 0.651. The SMILES string of the molecule is CC1NCCCC1NC(=O)c1cc(F)ccc1[N+](=O)[O-]. The summed E-state index contributed by atoms with van der Waals surface area (Å²) in [5.74, 6) is -1.28. The standard InChI is InChI=1S/C13H16FN3O3/c1-8-11(3-2-6-15-8)16-13(18)10-7-9(14)4-5-12(10)17(19)20/h4-5,7-8,11,15H,2-3,6H2,1H3,(H,16,18). The molecule has 0 spiro atoms. The molecule has 6 nitrogen and oxygen atoms in total. The van der Waals surface area contributed by atoms with Crippen LogP contribution in [0.5, 0.6) is 0 Å². The fourth-order valence-corrected chi connectivity index (χ4v) is 2.34. The van der Waals surface area contributed by atoms with Crippen LogP contribution in [0.25, 0.3) is 0 Å². The molecule has 2 rings (SSSR count). The smallest absolute Gasteiger partial charge is 0.282 e. The molecule has 0 radical (unpaired) electrons. The lowest BCUT2D eigenvalue weighted by atomic mass is 9.99. The zero-order valence-corrected chi connectivity index (χ0v) is 11.1. The number of nitrogens with zero attached hydrogens (tertiary/aromatic N) is 1. The lowest BCUT2D eigenvalue weighted by Crippen LogP contribution is -2.51. The van der Waals surface area contributed by atoms with Gasteiger partial charge in [-0.25, -0.2) is 4.39 Å². The van der Waals surface area contributed by atoms with Gasteiger partial charge in [0.15, 0.2) is 0 Å². The van der Waals surface area contributed by atoms with E-state index in [4.69, 9.17) is 0 Å². The Kier molecular flexibility index (Phi) is 4.29. The predicted molar refractivity (Wildman–Crippen MR) is 71.0 cm³/mol. The predicted octanol–water partition coefficient (Wildman–Crippen LogP) is 1.60. The highest BCUT2D eigenvalue weighted by atomic mass is 19.1.